The van der Waals surface area contributed by atoms with Crippen molar-refractivity contribution in [3.8, 4) is 0 Å². The third-order valence-electron chi connectivity index (χ3n) is 9.59. The van der Waals surface area contributed by atoms with Crippen molar-refractivity contribution >= 4 is 28.3 Å². The van der Waals surface area contributed by atoms with Crippen molar-refractivity contribution in [3.63, 3.8) is 0 Å². The monoisotopic (exact) mass is 505 g/mol. The standard InChI is InChI=1S/C27H43N3O4S/c1-5-30(6-2)22(33)14-18-23-19(15-20-26(18,3)13-12-21(32)27(20,4)16-31)35-25(28-23)29-24(34)17-10-8-7-9-11-17/h17-18,20-21,31-32H,5-16H2,1-4H3,(H,28,29,34). The van der Waals surface area contributed by atoms with Crippen LogP contribution in [0.3, 0.4) is 0 Å². The number of nitrogens with one attached hydrogen (secondary N) is 1. The molecule has 0 radical (unpaired) electrons. The number of hydrogen-bond acceptors (Lipinski definition) is 6. The number of carbonyl (C=O) groups is 2. The highest BCUT2D eigenvalue weighted by Gasteiger charge is 2.59. The number of anilines is 1. The molecule has 0 saturated heterocycles. The summed E-state index contributed by atoms with van der Waals surface area (Å²) in [6.45, 7) is 9.45. The molecule has 4 rings (SSSR count). The molecule has 3 N–H and O–H groups in total. The summed E-state index contributed by atoms with van der Waals surface area (Å²) < 4.78 is 0. The number of aliphatic hydroxyl groups is 2. The number of amides is 2. The number of aliphatic hydroxyl groups excluding tert-OH is 2. The first-order chi connectivity index (χ1) is 16.7. The van der Waals surface area contributed by atoms with Gasteiger partial charge in [-0.1, -0.05) is 33.1 Å². The predicted octanol–water partition coefficient (Wildman–Crippen LogP) is 4.34. The minimum atomic E-state index is -0.642. The van der Waals surface area contributed by atoms with E-state index < -0.39 is 11.5 Å². The summed E-state index contributed by atoms with van der Waals surface area (Å²) in [5.41, 5.74) is 0.0203. The van der Waals surface area contributed by atoms with Gasteiger partial charge in [-0.25, -0.2) is 4.98 Å². The first-order valence-corrected chi connectivity index (χ1v) is 14.4. The maximum absolute atomic E-state index is 13.3. The van der Waals surface area contributed by atoms with Gasteiger partial charge in [-0.15, -0.1) is 11.3 Å². The van der Waals surface area contributed by atoms with Crippen molar-refractivity contribution < 1.29 is 19.8 Å². The van der Waals surface area contributed by atoms with Crippen molar-refractivity contribution in [2.75, 3.05) is 25.0 Å². The number of thiazole rings is 1. The highest BCUT2D eigenvalue weighted by atomic mass is 32.1. The van der Waals surface area contributed by atoms with E-state index in [1.54, 1.807) is 0 Å². The maximum atomic E-state index is 13.3. The molecule has 1 aromatic rings. The lowest BCUT2D eigenvalue weighted by atomic mass is 9.47. The average Bonchev–Trinajstić information content (AvgIpc) is 3.26. The SMILES string of the molecule is CCN(CC)C(=O)CC1c2nc(NC(=O)C3CCCCC3)sc2CC2C(C)(CO)C(O)CCC12C. The largest absolute Gasteiger partial charge is 0.396 e. The fourth-order valence-corrected chi connectivity index (χ4v) is 8.22. The van der Waals surface area contributed by atoms with Crippen LogP contribution in [-0.4, -0.2) is 57.7 Å². The molecule has 0 aliphatic heterocycles. The van der Waals surface area contributed by atoms with Crippen LogP contribution in [0.5, 0.6) is 0 Å². The Bertz CT molecular complexity index is 926. The van der Waals surface area contributed by atoms with Crippen LogP contribution in [0.15, 0.2) is 0 Å². The topological polar surface area (TPSA) is 103 Å². The highest BCUT2D eigenvalue weighted by Crippen LogP contribution is 2.63. The van der Waals surface area contributed by atoms with Crippen LogP contribution in [0.25, 0.3) is 0 Å². The molecule has 35 heavy (non-hydrogen) atoms. The van der Waals surface area contributed by atoms with Crippen LogP contribution in [0, 0.1) is 22.7 Å². The van der Waals surface area contributed by atoms with E-state index in [2.05, 4.69) is 12.2 Å². The molecule has 8 heteroatoms. The second kappa shape index (κ2) is 10.5. The molecule has 7 nitrogen and oxygen atoms in total. The van der Waals surface area contributed by atoms with E-state index in [0.29, 0.717) is 37.5 Å². The van der Waals surface area contributed by atoms with E-state index in [1.165, 1.54) is 17.8 Å². The van der Waals surface area contributed by atoms with Gasteiger partial charge in [0.2, 0.25) is 11.8 Å². The summed E-state index contributed by atoms with van der Waals surface area (Å²) in [6, 6.07) is 0. The predicted molar refractivity (Wildman–Crippen MR) is 138 cm³/mol. The Hall–Kier alpha value is -1.51. The van der Waals surface area contributed by atoms with Gasteiger partial charge in [-0.05, 0) is 57.3 Å². The molecule has 196 valence electrons. The summed E-state index contributed by atoms with van der Waals surface area (Å²) in [4.78, 5) is 34.2. The van der Waals surface area contributed by atoms with Gasteiger partial charge in [-0.3, -0.25) is 9.59 Å². The lowest BCUT2D eigenvalue weighted by Crippen LogP contribution is -2.57. The third kappa shape index (κ3) is 4.78. The lowest BCUT2D eigenvalue weighted by molar-refractivity contribution is -0.147. The summed E-state index contributed by atoms with van der Waals surface area (Å²) in [5, 5.41) is 25.1. The fourth-order valence-electron chi connectivity index (χ4n) is 7.15. The van der Waals surface area contributed by atoms with E-state index in [-0.39, 0.29) is 41.6 Å². The van der Waals surface area contributed by atoms with Crippen LogP contribution in [0.4, 0.5) is 5.13 Å². The van der Waals surface area contributed by atoms with Crippen molar-refractivity contribution in [1.82, 2.24) is 9.88 Å². The molecular weight excluding hydrogens is 462 g/mol. The maximum Gasteiger partial charge on any atom is 0.229 e. The Labute approximate surface area is 213 Å². The van der Waals surface area contributed by atoms with Crippen molar-refractivity contribution in [2.24, 2.45) is 22.7 Å². The quantitative estimate of drug-likeness (QED) is 0.512. The van der Waals surface area contributed by atoms with Gasteiger partial charge in [0.05, 0.1) is 18.4 Å². The molecule has 3 aliphatic carbocycles. The molecule has 2 amide bonds. The fraction of sp³-hybridized carbons (Fsp3) is 0.815. The van der Waals surface area contributed by atoms with E-state index in [0.717, 1.165) is 42.7 Å². The summed E-state index contributed by atoms with van der Waals surface area (Å²) in [6.07, 6.45) is 7.14. The smallest absolute Gasteiger partial charge is 0.229 e. The summed E-state index contributed by atoms with van der Waals surface area (Å²) in [7, 11) is 0. The first kappa shape index (κ1) is 26.6. The van der Waals surface area contributed by atoms with Crippen molar-refractivity contribution in [2.45, 2.75) is 97.5 Å². The second-order valence-corrected chi connectivity index (χ2v) is 12.5. The molecule has 1 heterocycles. The molecule has 5 unspecified atom stereocenters. The van der Waals surface area contributed by atoms with Gasteiger partial charge >= 0.3 is 0 Å². The number of aromatic nitrogens is 1. The Morgan fingerprint density at radius 3 is 2.46 bits per heavy atom. The Morgan fingerprint density at radius 2 is 1.83 bits per heavy atom. The van der Waals surface area contributed by atoms with Gasteiger partial charge in [-0.2, -0.15) is 0 Å². The van der Waals surface area contributed by atoms with E-state index in [9.17, 15) is 19.8 Å². The zero-order valence-electron chi connectivity index (χ0n) is 21.8. The van der Waals surface area contributed by atoms with E-state index in [4.69, 9.17) is 4.98 Å². The number of hydrogen-bond donors (Lipinski definition) is 3. The summed E-state index contributed by atoms with van der Waals surface area (Å²) >= 11 is 1.51. The van der Waals surface area contributed by atoms with Crippen molar-refractivity contribution in [1.29, 1.82) is 0 Å². The van der Waals surface area contributed by atoms with Gasteiger partial charge in [0, 0.05) is 41.6 Å². The van der Waals surface area contributed by atoms with Crippen LogP contribution in [0.1, 0.15) is 95.6 Å². The van der Waals surface area contributed by atoms with Gasteiger partial charge in [0.1, 0.15) is 0 Å². The molecule has 0 aromatic carbocycles. The molecular formula is C27H43N3O4S. The normalized spacial score (nSPS) is 33.0. The van der Waals surface area contributed by atoms with Gasteiger partial charge in [0.15, 0.2) is 5.13 Å². The third-order valence-corrected chi connectivity index (χ3v) is 10.6. The Kier molecular flexibility index (Phi) is 7.94. The molecule has 1 aromatic heterocycles. The molecule has 3 aliphatic rings. The molecule has 0 spiro atoms. The number of fused-ring (bicyclic) bond motifs is 2. The van der Waals surface area contributed by atoms with Crippen LogP contribution >= 0.6 is 11.3 Å². The molecule has 0 bridgehead atoms. The number of nitrogens with zero attached hydrogens (tertiary/aromatic N) is 2. The zero-order chi connectivity index (χ0) is 25.4. The van der Waals surface area contributed by atoms with E-state index in [1.807, 2.05) is 25.7 Å². The van der Waals surface area contributed by atoms with Gasteiger partial charge in [0.25, 0.3) is 0 Å². The van der Waals surface area contributed by atoms with Crippen LogP contribution in [0.2, 0.25) is 0 Å². The number of carbonyl (C=O) groups excluding carboxylic acids is 2. The van der Waals surface area contributed by atoms with Crippen LogP contribution < -0.4 is 5.32 Å². The average molecular weight is 506 g/mol. The molecule has 5 atom stereocenters. The Morgan fingerprint density at radius 1 is 1.14 bits per heavy atom. The number of rotatable bonds is 7. The minimum absolute atomic E-state index is 0.0214. The first-order valence-electron chi connectivity index (χ1n) is 13.5. The second-order valence-electron chi connectivity index (χ2n) is 11.5. The van der Waals surface area contributed by atoms with Gasteiger partial charge < -0.3 is 20.4 Å². The molecule has 2 fully saturated rings. The lowest BCUT2D eigenvalue weighted by Gasteiger charge is -2.58. The Balaban J connectivity index is 1.69. The van der Waals surface area contributed by atoms with Crippen LogP contribution in [-0.2, 0) is 16.0 Å². The highest BCUT2D eigenvalue weighted by molar-refractivity contribution is 7.15. The van der Waals surface area contributed by atoms with E-state index >= 15 is 0 Å². The van der Waals surface area contributed by atoms with Crippen molar-refractivity contribution in [3.05, 3.63) is 10.6 Å². The molecule has 2 saturated carbocycles. The summed E-state index contributed by atoms with van der Waals surface area (Å²) in [5.74, 6) is 0.140. The zero-order valence-corrected chi connectivity index (χ0v) is 22.6. The minimum Gasteiger partial charge on any atom is -0.396 e.